The van der Waals surface area contributed by atoms with Crippen LogP contribution in [0, 0.1) is 0 Å². The highest BCUT2D eigenvalue weighted by molar-refractivity contribution is 8.14. The van der Waals surface area contributed by atoms with E-state index in [0.29, 0.717) is 12.2 Å². The maximum atomic E-state index is 11.7. The van der Waals surface area contributed by atoms with E-state index in [0.717, 1.165) is 12.2 Å². The summed E-state index contributed by atoms with van der Waals surface area (Å²) in [6.07, 6.45) is 1.67. The predicted molar refractivity (Wildman–Crippen MR) is 53.8 cm³/mol. The number of thioether (sulfide) groups is 1. The zero-order chi connectivity index (χ0) is 9.19. The molecule has 0 spiro atoms. The Morgan fingerprint density at radius 2 is 2.33 bits per heavy atom. The first-order valence-corrected chi connectivity index (χ1v) is 6.47. The van der Waals surface area contributed by atoms with Gasteiger partial charge in [0.2, 0.25) is 0 Å². The first-order chi connectivity index (χ1) is 5.63. The lowest BCUT2D eigenvalue weighted by Gasteiger charge is -2.32. The van der Waals surface area contributed by atoms with Gasteiger partial charge in [0.25, 0.3) is 0 Å². The summed E-state index contributed by atoms with van der Waals surface area (Å²) in [4.78, 5) is 11.3. The quantitative estimate of drug-likeness (QED) is 0.687. The third-order valence-electron chi connectivity index (χ3n) is 2.18. The monoisotopic (exact) mass is 206 g/mol. The minimum Gasteiger partial charge on any atom is -0.297 e. The number of carbonyl (C=O) groups is 1. The Balaban J connectivity index is 2.88. The molecule has 2 nitrogen and oxygen atoms in total. The van der Waals surface area contributed by atoms with E-state index in [1.165, 1.54) is 0 Å². The Bertz CT molecular complexity index is 215. The lowest BCUT2D eigenvalue weighted by atomic mass is 10.2. The van der Waals surface area contributed by atoms with Crippen LogP contribution in [0.5, 0.6) is 0 Å². The van der Waals surface area contributed by atoms with Gasteiger partial charge in [0.05, 0.1) is 0 Å². The number of carbonyl (C=O) groups excluding carboxylic acids is 1. The first kappa shape index (κ1) is 10.3. The van der Waals surface area contributed by atoms with Crippen molar-refractivity contribution in [1.82, 2.24) is 0 Å². The van der Waals surface area contributed by atoms with Crippen LogP contribution < -0.4 is 0 Å². The molecule has 0 aliphatic carbocycles. The second kappa shape index (κ2) is 3.92. The summed E-state index contributed by atoms with van der Waals surface area (Å²) in [5, 5.41) is 0. The molecule has 70 valence electrons. The molecule has 0 N–H and O–H groups in total. The number of ketones is 1. The van der Waals surface area contributed by atoms with Crippen LogP contribution in [0.15, 0.2) is 0 Å². The molecule has 1 aliphatic heterocycles. The average Bonchev–Trinajstić information content (AvgIpc) is 2.05. The molecule has 0 radical (unpaired) electrons. The van der Waals surface area contributed by atoms with Gasteiger partial charge in [-0.2, -0.15) is 0 Å². The number of hydrogen-bond donors (Lipinski definition) is 0. The Morgan fingerprint density at radius 3 is 2.67 bits per heavy atom. The second-order valence-corrected chi connectivity index (χ2v) is 6.36. The lowest BCUT2D eigenvalue weighted by molar-refractivity contribution is -0.117. The number of rotatable bonds is 2. The Kier molecular flexibility index (Phi) is 3.35. The van der Waals surface area contributed by atoms with E-state index in [1.54, 1.807) is 18.7 Å². The van der Waals surface area contributed by atoms with E-state index < -0.39 is 14.9 Å². The second-order valence-electron chi connectivity index (χ2n) is 2.91. The zero-order valence-electron chi connectivity index (χ0n) is 7.46. The molecule has 0 aromatic rings. The average molecular weight is 206 g/mol. The van der Waals surface area contributed by atoms with Crippen LogP contribution in [0.1, 0.15) is 26.7 Å². The third-order valence-corrected chi connectivity index (χ3v) is 6.60. The fraction of sp³-hybridized carbons (Fsp3) is 0.875. The molecule has 0 bridgehead atoms. The van der Waals surface area contributed by atoms with Crippen molar-refractivity contribution in [2.24, 2.45) is 0 Å². The zero-order valence-corrected chi connectivity index (χ0v) is 9.09. The highest BCUT2D eigenvalue weighted by Gasteiger charge is 2.42. The van der Waals surface area contributed by atoms with Crippen molar-refractivity contribution in [3.8, 4) is 0 Å². The Morgan fingerprint density at radius 1 is 1.67 bits per heavy atom. The van der Waals surface area contributed by atoms with Crippen molar-refractivity contribution in [1.29, 1.82) is 0 Å². The van der Waals surface area contributed by atoms with E-state index in [9.17, 15) is 9.00 Å². The van der Waals surface area contributed by atoms with E-state index in [1.807, 2.05) is 6.92 Å². The van der Waals surface area contributed by atoms with Crippen molar-refractivity contribution in [3.05, 3.63) is 0 Å². The van der Waals surface area contributed by atoms with E-state index >= 15 is 0 Å². The van der Waals surface area contributed by atoms with Gasteiger partial charge in [-0.05, 0) is 25.5 Å². The van der Waals surface area contributed by atoms with Crippen molar-refractivity contribution in [2.45, 2.75) is 30.8 Å². The van der Waals surface area contributed by atoms with E-state index in [-0.39, 0.29) is 5.78 Å². The van der Waals surface area contributed by atoms with Gasteiger partial charge in [-0.15, -0.1) is 11.8 Å². The van der Waals surface area contributed by atoms with Crippen LogP contribution in [-0.2, 0) is 15.6 Å². The SMILES string of the molecule is CCC1(C(C)=O)SCCCS1=O. The molecule has 1 heterocycles. The predicted octanol–water partition coefficient (Wildman–Crippen LogP) is 1.57. The number of hydrogen-bond acceptors (Lipinski definition) is 3. The summed E-state index contributed by atoms with van der Waals surface area (Å²) >= 11 is 1.58. The molecule has 1 saturated heterocycles. The highest BCUT2D eigenvalue weighted by Crippen LogP contribution is 2.38. The van der Waals surface area contributed by atoms with Gasteiger partial charge in [-0.3, -0.25) is 9.00 Å². The molecular weight excluding hydrogens is 192 g/mol. The van der Waals surface area contributed by atoms with Gasteiger partial charge in [0.15, 0.2) is 5.78 Å². The summed E-state index contributed by atoms with van der Waals surface area (Å²) in [5.41, 5.74) is 0. The van der Waals surface area contributed by atoms with Gasteiger partial charge in [-0.25, -0.2) is 0 Å². The lowest BCUT2D eigenvalue weighted by Crippen LogP contribution is -2.41. The molecule has 1 aliphatic rings. The Hall–Kier alpha value is 0.170. The summed E-state index contributed by atoms with van der Waals surface area (Å²) in [6.45, 7) is 3.50. The molecule has 2 unspecified atom stereocenters. The molecule has 1 rings (SSSR count). The van der Waals surface area contributed by atoms with Gasteiger partial charge < -0.3 is 0 Å². The topological polar surface area (TPSA) is 34.1 Å². The molecule has 0 aromatic heterocycles. The fourth-order valence-corrected chi connectivity index (χ4v) is 5.04. The largest absolute Gasteiger partial charge is 0.297 e. The van der Waals surface area contributed by atoms with Gasteiger partial charge >= 0.3 is 0 Å². The third kappa shape index (κ3) is 1.59. The highest BCUT2D eigenvalue weighted by atomic mass is 32.2. The van der Waals surface area contributed by atoms with Crippen molar-refractivity contribution >= 4 is 28.3 Å². The van der Waals surface area contributed by atoms with Gasteiger partial charge in [-0.1, -0.05) is 6.92 Å². The molecule has 0 aromatic carbocycles. The van der Waals surface area contributed by atoms with Crippen molar-refractivity contribution < 1.29 is 9.00 Å². The molecule has 1 fully saturated rings. The maximum Gasteiger partial charge on any atom is 0.158 e. The maximum absolute atomic E-state index is 11.7. The molecule has 12 heavy (non-hydrogen) atoms. The summed E-state index contributed by atoms with van der Waals surface area (Å²) < 4.78 is 11.1. The van der Waals surface area contributed by atoms with E-state index in [2.05, 4.69) is 0 Å². The minimum absolute atomic E-state index is 0.0769. The first-order valence-electron chi connectivity index (χ1n) is 4.17. The van der Waals surface area contributed by atoms with Crippen LogP contribution in [0.25, 0.3) is 0 Å². The van der Waals surface area contributed by atoms with Crippen LogP contribution in [-0.4, -0.2) is 25.6 Å². The van der Waals surface area contributed by atoms with Gasteiger partial charge in [0, 0.05) is 16.6 Å². The molecule has 4 heteroatoms. The number of Topliss-reactive ketones (excluding diaryl/α,β-unsaturated/α-hetero) is 1. The van der Waals surface area contributed by atoms with Crippen LogP contribution >= 0.6 is 11.8 Å². The van der Waals surface area contributed by atoms with Gasteiger partial charge in [0.1, 0.15) is 4.08 Å². The van der Waals surface area contributed by atoms with Crippen LogP contribution in [0.2, 0.25) is 0 Å². The normalized spacial score (nSPS) is 36.3. The van der Waals surface area contributed by atoms with Crippen LogP contribution in [0.3, 0.4) is 0 Å². The Labute approximate surface area is 79.9 Å². The van der Waals surface area contributed by atoms with Crippen LogP contribution in [0.4, 0.5) is 0 Å². The molecular formula is C8H14O2S2. The molecule has 0 saturated carbocycles. The van der Waals surface area contributed by atoms with Crippen molar-refractivity contribution in [3.63, 3.8) is 0 Å². The van der Waals surface area contributed by atoms with Crippen molar-refractivity contribution in [2.75, 3.05) is 11.5 Å². The summed E-state index contributed by atoms with van der Waals surface area (Å²) in [7, 11) is -0.953. The standard InChI is InChI=1S/C8H14O2S2/c1-3-8(7(2)9)11-5-4-6-12(8)10/h3-6H2,1-2H3. The molecule has 2 atom stereocenters. The van der Waals surface area contributed by atoms with E-state index in [4.69, 9.17) is 0 Å². The smallest absolute Gasteiger partial charge is 0.158 e. The summed E-state index contributed by atoms with van der Waals surface area (Å²) in [6, 6.07) is 0. The molecule has 0 amide bonds. The minimum atomic E-state index is -0.953. The summed E-state index contributed by atoms with van der Waals surface area (Å²) in [5.74, 6) is 1.74. The fourth-order valence-electron chi connectivity index (χ4n) is 1.43.